The van der Waals surface area contributed by atoms with Crippen molar-refractivity contribution in [1.29, 1.82) is 0 Å². The molecule has 1 aromatic rings. The summed E-state index contributed by atoms with van der Waals surface area (Å²) in [6.07, 6.45) is 1.84. The van der Waals surface area contributed by atoms with E-state index < -0.39 is 0 Å². The molecule has 0 saturated heterocycles. The highest BCUT2D eigenvalue weighted by molar-refractivity contribution is 5.85. The van der Waals surface area contributed by atoms with Gasteiger partial charge in [-0.1, -0.05) is 13.0 Å². The maximum absolute atomic E-state index is 5.86. The summed E-state index contributed by atoms with van der Waals surface area (Å²) in [7, 11) is 1.70. The average molecular weight is 274 g/mol. The summed E-state index contributed by atoms with van der Waals surface area (Å²) in [6.45, 7) is 5.48. The zero-order valence-electron chi connectivity index (χ0n) is 11.4. The van der Waals surface area contributed by atoms with Gasteiger partial charge in [-0.15, -0.1) is 12.4 Å². The minimum Gasteiger partial charge on any atom is -0.493 e. The van der Waals surface area contributed by atoms with Crippen molar-refractivity contribution in [2.45, 2.75) is 39.3 Å². The van der Waals surface area contributed by atoms with Gasteiger partial charge in [-0.3, -0.25) is 0 Å². The van der Waals surface area contributed by atoms with Crippen molar-refractivity contribution in [2.75, 3.05) is 13.7 Å². The van der Waals surface area contributed by atoms with Crippen LogP contribution in [-0.4, -0.2) is 19.8 Å². The first-order valence-corrected chi connectivity index (χ1v) is 6.16. The van der Waals surface area contributed by atoms with Gasteiger partial charge in [0.2, 0.25) is 0 Å². The van der Waals surface area contributed by atoms with Gasteiger partial charge in [-0.05, 0) is 43.0 Å². The Morgan fingerprint density at radius 3 is 2.61 bits per heavy atom. The van der Waals surface area contributed by atoms with Crippen molar-refractivity contribution in [3.05, 3.63) is 29.3 Å². The number of methoxy groups -OCH3 is 1. The van der Waals surface area contributed by atoms with E-state index in [2.05, 4.69) is 13.0 Å². The van der Waals surface area contributed by atoms with Crippen LogP contribution in [0.15, 0.2) is 18.2 Å². The van der Waals surface area contributed by atoms with Crippen LogP contribution in [0.4, 0.5) is 0 Å². The fraction of sp³-hybridized carbons (Fsp3) is 0.571. The van der Waals surface area contributed by atoms with E-state index in [0.29, 0.717) is 6.61 Å². The summed E-state index contributed by atoms with van der Waals surface area (Å²) in [4.78, 5) is 0. The molecule has 104 valence electrons. The molecular weight excluding hydrogens is 250 g/mol. The Hall–Kier alpha value is -0.770. The second-order valence-corrected chi connectivity index (χ2v) is 4.40. The fourth-order valence-electron chi connectivity index (χ4n) is 1.75. The van der Waals surface area contributed by atoms with Crippen LogP contribution < -0.4 is 10.5 Å². The van der Waals surface area contributed by atoms with E-state index in [4.69, 9.17) is 15.2 Å². The van der Waals surface area contributed by atoms with Crippen LogP contribution in [0.3, 0.4) is 0 Å². The topological polar surface area (TPSA) is 44.5 Å². The maximum Gasteiger partial charge on any atom is 0.122 e. The molecule has 0 aliphatic rings. The third kappa shape index (κ3) is 5.71. The normalized spacial score (nSPS) is 11.8. The van der Waals surface area contributed by atoms with E-state index >= 15 is 0 Å². The van der Waals surface area contributed by atoms with Gasteiger partial charge in [0.25, 0.3) is 0 Å². The molecule has 18 heavy (non-hydrogen) atoms. The van der Waals surface area contributed by atoms with Gasteiger partial charge >= 0.3 is 0 Å². The summed E-state index contributed by atoms with van der Waals surface area (Å²) >= 11 is 0. The van der Waals surface area contributed by atoms with Gasteiger partial charge in [-0.25, -0.2) is 0 Å². The molecule has 2 N–H and O–H groups in total. The molecule has 3 nitrogen and oxygen atoms in total. The number of ether oxygens (including phenoxy) is 2. The third-order valence-electron chi connectivity index (χ3n) is 2.44. The molecule has 1 aromatic carbocycles. The summed E-state index contributed by atoms with van der Waals surface area (Å²) in [5.41, 5.74) is 8.19. The van der Waals surface area contributed by atoms with Crippen LogP contribution in [0, 0.1) is 0 Å². The second-order valence-electron chi connectivity index (χ2n) is 4.40. The Bertz CT molecular complexity index is 343. The monoisotopic (exact) mass is 273 g/mol. The Labute approximate surface area is 116 Å². The number of hydrogen-bond acceptors (Lipinski definition) is 3. The zero-order chi connectivity index (χ0) is 12.7. The molecule has 0 amide bonds. The van der Waals surface area contributed by atoms with E-state index in [1.54, 1.807) is 7.11 Å². The molecular formula is C14H24ClNO2. The summed E-state index contributed by atoms with van der Waals surface area (Å²) in [6, 6.07) is 6.32. The van der Waals surface area contributed by atoms with Gasteiger partial charge in [0, 0.05) is 13.2 Å². The summed E-state index contributed by atoms with van der Waals surface area (Å²) in [5, 5.41) is 0. The Morgan fingerprint density at radius 1 is 1.33 bits per heavy atom. The van der Waals surface area contributed by atoms with E-state index in [-0.39, 0.29) is 18.4 Å². The Balaban J connectivity index is 0.00000289. The second kappa shape index (κ2) is 9.20. The third-order valence-corrected chi connectivity index (χ3v) is 2.44. The smallest absolute Gasteiger partial charge is 0.122 e. The Morgan fingerprint density at radius 2 is 2.06 bits per heavy atom. The molecule has 0 spiro atoms. The molecule has 0 heterocycles. The zero-order valence-corrected chi connectivity index (χ0v) is 12.3. The first-order chi connectivity index (χ1) is 8.17. The van der Waals surface area contributed by atoms with Crippen LogP contribution in [-0.2, 0) is 17.8 Å². The maximum atomic E-state index is 5.86. The van der Waals surface area contributed by atoms with Crippen LogP contribution in [0.1, 0.15) is 31.4 Å². The SMILES string of the molecule is CCCOc1ccc(COC)cc1CC(C)N.Cl. The van der Waals surface area contributed by atoms with Gasteiger partial charge in [0.15, 0.2) is 0 Å². The molecule has 1 rings (SSSR count). The number of nitrogens with two attached hydrogens (primary N) is 1. The van der Waals surface area contributed by atoms with Gasteiger partial charge < -0.3 is 15.2 Å². The first-order valence-electron chi connectivity index (χ1n) is 6.16. The van der Waals surface area contributed by atoms with Crippen LogP contribution in [0.2, 0.25) is 0 Å². The average Bonchev–Trinajstić information content (AvgIpc) is 2.28. The lowest BCUT2D eigenvalue weighted by Gasteiger charge is -2.14. The van der Waals surface area contributed by atoms with E-state index in [9.17, 15) is 0 Å². The fourth-order valence-corrected chi connectivity index (χ4v) is 1.75. The van der Waals surface area contributed by atoms with Crippen molar-refractivity contribution >= 4 is 12.4 Å². The van der Waals surface area contributed by atoms with Crippen molar-refractivity contribution in [1.82, 2.24) is 0 Å². The highest BCUT2D eigenvalue weighted by Gasteiger charge is 2.07. The molecule has 1 atom stereocenters. The molecule has 0 aliphatic carbocycles. The molecule has 4 heteroatoms. The Kier molecular flexibility index (Phi) is 8.81. The van der Waals surface area contributed by atoms with Gasteiger partial charge in [0.1, 0.15) is 5.75 Å². The molecule has 0 bridgehead atoms. The highest BCUT2D eigenvalue weighted by Crippen LogP contribution is 2.22. The summed E-state index contributed by atoms with van der Waals surface area (Å²) in [5.74, 6) is 0.948. The lowest BCUT2D eigenvalue weighted by molar-refractivity contribution is 0.184. The molecule has 0 radical (unpaired) electrons. The van der Waals surface area contributed by atoms with Crippen molar-refractivity contribution in [3.8, 4) is 5.75 Å². The number of rotatable bonds is 7. The number of halogens is 1. The number of benzene rings is 1. The van der Waals surface area contributed by atoms with Crippen molar-refractivity contribution in [2.24, 2.45) is 5.73 Å². The molecule has 0 saturated carbocycles. The minimum absolute atomic E-state index is 0. The van der Waals surface area contributed by atoms with E-state index in [0.717, 1.165) is 30.8 Å². The largest absolute Gasteiger partial charge is 0.493 e. The van der Waals surface area contributed by atoms with Crippen LogP contribution in [0.25, 0.3) is 0 Å². The minimum atomic E-state index is 0. The first kappa shape index (κ1) is 17.2. The predicted molar refractivity (Wildman–Crippen MR) is 77.5 cm³/mol. The van der Waals surface area contributed by atoms with Crippen LogP contribution >= 0.6 is 12.4 Å². The van der Waals surface area contributed by atoms with Gasteiger partial charge in [0.05, 0.1) is 13.2 Å². The van der Waals surface area contributed by atoms with Crippen molar-refractivity contribution in [3.63, 3.8) is 0 Å². The van der Waals surface area contributed by atoms with Gasteiger partial charge in [-0.2, -0.15) is 0 Å². The van der Waals surface area contributed by atoms with E-state index in [1.807, 2.05) is 19.1 Å². The molecule has 1 unspecified atom stereocenters. The molecule has 0 aromatic heterocycles. The molecule has 0 aliphatic heterocycles. The van der Waals surface area contributed by atoms with Crippen molar-refractivity contribution < 1.29 is 9.47 Å². The lowest BCUT2D eigenvalue weighted by Crippen LogP contribution is -2.18. The lowest BCUT2D eigenvalue weighted by atomic mass is 10.0. The quantitative estimate of drug-likeness (QED) is 0.831. The standard InChI is InChI=1S/C14H23NO2.ClH/c1-4-7-17-14-6-5-12(10-16-3)9-13(14)8-11(2)15;/h5-6,9,11H,4,7-8,10,15H2,1-3H3;1H. The number of hydrogen-bond donors (Lipinski definition) is 1. The van der Waals surface area contributed by atoms with E-state index in [1.165, 1.54) is 5.56 Å². The predicted octanol–water partition coefficient (Wildman–Crippen LogP) is 2.93. The highest BCUT2D eigenvalue weighted by atomic mass is 35.5. The van der Waals surface area contributed by atoms with Crippen LogP contribution in [0.5, 0.6) is 5.75 Å². The summed E-state index contributed by atoms with van der Waals surface area (Å²) < 4.78 is 10.9. The molecule has 0 fully saturated rings.